The third-order valence-corrected chi connectivity index (χ3v) is 8.13. The zero-order chi connectivity index (χ0) is 15.6. The second kappa shape index (κ2) is 6.85. The summed E-state index contributed by atoms with van der Waals surface area (Å²) in [4.78, 5) is 14.5. The average Bonchev–Trinajstić information content (AvgIpc) is 2.98. The van der Waals surface area contributed by atoms with Gasteiger partial charge in [0.1, 0.15) is 11.5 Å². The fourth-order valence-corrected chi connectivity index (χ4v) is 6.58. The lowest BCUT2D eigenvalue weighted by molar-refractivity contribution is -0.123. The van der Waals surface area contributed by atoms with E-state index in [1.54, 1.807) is 14.0 Å². The summed E-state index contributed by atoms with van der Waals surface area (Å²) in [7, 11) is 1.68. The van der Waals surface area contributed by atoms with Crippen LogP contribution in [0.2, 0.25) is 0 Å². The highest BCUT2D eigenvalue weighted by atomic mass is 32.2. The van der Waals surface area contributed by atoms with Crippen molar-refractivity contribution in [1.82, 2.24) is 4.90 Å². The molecule has 1 spiro atoms. The molecule has 120 valence electrons. The van der Waals surface area contributed by atoms with Gasteiger partial charge < -0.3 is 4.74 Å². The number of methoxy groups -OCH3 is 1. The molecule has 3 nitrogen and oxygen atoms in total. The molecule has 22 heavy (non-hydrogen) atoms. The highest BCUT2D eigenvalue weighted by molar-refractivity contribution is 8.21. The van der Waals surface area contributed by atoms with Crippen molar-refractivity contribution in [3.63, 3.8) is 0 Å². The lowest BCUT2D eigenvalue weighted by atomic mass is 9.97. The molecule has 0 N–H and O–H groups in total. The molecule has 2 fully saturated rings. The van der Waals surface area contributed by atoms with Gasteiger partial charge in [-0.3, -0.25) is 9.69 Å². The van der Waals surface area contributed by atoms with Gasteiger partial charge in [0.15, 0.2) is 0 Å². The van der Waals surface area contributed by atoms with Gasteiger partial charge in [-0.1, -0.05) is 12.1 Å². The first-order valence-electron chi connectivity index (χ1n) is 7.77. The maximum Gasteiger partial charge on any atom is 0.146 e. The maximum absolute atomic E-state index is 12.2. The molecule has 2 heterocycles. The van der Waals surface area contributed by atoms with Crippen LogP contribution >= 0.6 is 23.5 Å². The van der Waals surface area contributed by atoms with Crippen LogP contribution in [0.15, 0.2) is 24.3 Å². The van der Waals surface area contributed by atoms with Crippen LogP contribution in [0.1, 0.15) is 25.3 Å². The third kappa shape index (κ3) is 3.47. The van der Waals surface area contributed by atoms with Gasteiger partial charge in [-0.25, -0.2) is 0 Å². The number of carbonyl (C=O) groups excluding carboxylic acids is 1. The Balaban J connectivity index is 1.70. The zero-order valence-electron chi connectivity index (χ0n) is 13.2. The van der Waals surface area contributed by atoms with E-state index >= 15 is 0 Å². The molecule has 2 aliphatic rings. The van der Waals surface area contributed by atoms with Gasteiger partial charge in [-0.2, -0.15) is 0 Å². The maximum atomic E-state index is 12.2. The quantitative estimate of drug-likeness (QED) is 0.840. The normalized spacial score (nSPS) is 24.5. The van der Waals surface area contributed by atoms with Crippen LogP contribution in [0.5, 0.6) is 5.75 Å². The van der Waals surface area contributed by atoms with Crippen LogP contribution in [0, 0.1) is 0 Å². The number of rotatable bonds is 4. The first-order valence-corrected chi connectivity index (χ1v) is 9.74. The number of hydrogen-bond acceptors (Lipinski definition) is 5. The Hall–Kier alpha value is -0.650. The topological polar surface area (TPSA) is 29.5 Å². The van der Waals surface area contributed by atoms with Crippen molar-refractivity contribution in [2.24, 2.45) is 0 Å². The second-order valence-electron chi connectivity index (χ2n) is 6.01. The molecule has 3 rings (SSSR count). The van der Waals surface area contributed by atoms with Crippen molar-refractivity contribution in [3.05, 3.63) is 29.8 Å². The van der Waals surface area contributed by atoms with Crippen LogP contribution in [0.4, 0.5) is 0 Å². The molecule has 1 aromatic rings. The number of thioether (sulfide) groups is 2. The third-order valence-electron chi connectivity index (χ3n) is 4.55. The minimum absolute atomic E-state index is 0.0638. The van der Waals surface area contributed by atoms with Crippen molar-refractivity contribution in [2.75, 3.05) is 25.2 Å². The molecular formula is C17H23NO2S2. The summed E-state index contributed by atoms with van der Waals surface area (Å²) < 4.78 is 5.51. The predicted octanol–water partition coefficient (Wildman–Crippen LogP) is 3.42. The number of nitrogens with zero attached hydrogens (tertiary/aromatic N) is 1. The number of Topliss-reactive ketones (excluding diaryl/α,β-unsaturated/α-hetero) is 1. The average molecular weight is 338 g/mol. The Morgan fingerprint density at radius 1 is 1.32 bits per heavy atom. The van der Waals surface area contributed by atoms with Crippen LogP contribution in [0.25, 0.3) is 0 Å². The Kier molecular flexibility index (Phi) is 5.05. The Labute approximate surface area is 141 Å². The molecule has 5 heteroatoms. The van der Waals surface area contributed by atoms with E-state index in [2.05, 4.69) is 40.6 Å². The summed E-state index contributed by atoms with van der Waals surface area (Å²) in [5.74, 6) is 3.64. The van der Waals surface area contributed by atoms with Crippen LogP contribution in [0.3, 0.4) is 0 Å². The molecule has 2 saturated heterocycles. The molecule has 1 aromatic carbocycles. The molecule has 0 saturated carbocycles. The van der Waals surface area contributed by atoms with Crippen molar-refractivity contribution in [1.29, 1.82) is 0 Å². The van der Waals surface area contributed by atoms with Crippen molar-refractivity contribution >= 4 is 29.3 Å². The standard InChI is InChI=1S/C17H23NO2S2/c1-13(19)16-11-17(21-9-10-22-17)7-8-18(16)12-14-3-5-15(20-2)6-4-14/h3-6,16H,7-12H2,1-2H3/t16-/m1/s1. The van der Waals surface area contributed by atoms with Crippen LogP contribution in [-0.2, 0) is 11.3 Å². The first kappa shape index (κ1) is 16.2. The van der Waals surface area contributed by atoms with Gasteiger partial charge in [-0.05, 0) is 37.5 Å². The molecule has 2 aliphatic heterocycles. The molecule has 0 amide bonds. The number of hydrogen-bond donors (Lipinski definition) is 0. The predicted molar refractivity (Wildman–Crippen MR) is 94.8 cm³/mol. The summed E-state index contributed by atoms with van der Waals surface area (Å²) in [6.07, 6.45) is 2.18. The SMILES string of the molecule is COc1ccc(CN2CCC3(C[C@@H]2C(C)=O)SCCS3)cc1. The number of likely N-dealkylation sites (tertiary alicyclic amines) is 1. The number of benzene rings is 1. The van der Waals surface area contributed by atoms with E-state index in [0.29, 0.717) is 9.86 Å². The van der Waals surface area contributed by atoms with Gasteiger partial charge in [0.2, 0.25) is 0 Å². The summed E-state index contributed by atoms with van der Waals surface area (Å²) in [5.41, 5.74) is 1.25. The van der Waals surface area contributed by atoms with Gasteiger partial charge in [0.05, 0.1) is 17.2 Å². The number of ether oxygens (including phenoxy) is 1. The van der Waals surface area contributed by atoms with Crippen LogP contribution < -0.4 is 4.74 Å². The van der Waals surface area contributed by atoms with Crippen LogP contribution in [-0.4, -0.2) is 46.0 Å². The molecule has 0 aliphatic carbocycles. The van der Waals surface area contributed by atoms with Gasteiger partial charge >= 0.3 is 0 Å². The van der Waals surface area contributed by atoms with E-state index in [1.165, 1.54) is 23.5 Å². The van der Waals surface area contributed by atoms with Crippen molar-refractivity contribution < 1.29 is 9.53 Å². The van der Waals surface area contributed by atoms with E-state index in [1.807, 2.05) is 12.1 Å². The largest absolute Gasteiger partial charge is 0.497 e. The minimum atomic E-state index is 0.0638. The fraction of sp³-hybridized carbons (Fsp3) is 0.588. The van der Waals surface area contributed by atoms with Gasteiger partial charge in [0, 0.05) is 24.6 Å². The molecule has 0 unspecified atom stereocenters. The molecule has 0 radical (unpaired) electrons. The van der Waals surface area contributed by atoms with Crippen molar-refractivity contribution in [3.8, 4) is 5.75 Å². The van der Waals surface area contributed by atoms with E-state index in [4.69, 9.17) is 4.74 Å². The lowest BCUT2D eigenvalue weighted by Crippen LogP contribution is -2.49. The summed E-state index contributed by atoms with van der Waals surface area (Å²) >= 11 is 4.14. The van der Waals surface area contributed by atoms with Gasteiger partial charge in [0.25, 0.3) is 0 Å². The van der Waals surface area contributed by atoms with E-state index in [-0.39, 0.29) is 6.04 Å². The lowest BCUT2D eigenvalue weighted by Gasteiger charge is -2.43. The smallest absolute Gasteiger partial charge is 0.146 e. The highest BCUT2D eigenvalue weighted by Crippen LogP contribution is 2.52. The van der Waals surface area contributed by atoms with E-state index < -0.39 is 0 Å². The second-order valence-corrected chi connectivity index (χ2v) is 9.22. The summed E-state index contributed by atoms with van der Waals surface area (Å²) in [6.45, 7) is 3.60. The Morgan fingerprint density at radius 2 is 2.00 bits per heavy atom. The molecular weight excluding hydrogens is 314 g/mol. The highest BCUT2D eigenvalue weighted by Gasteiger charge is 2.44. The number of piperidine rings is 1. The molecule has 1 atom stereocenters. The molecule has 0 aromatic heterocycles. The monoisotopic (exact) mass is 337 g/mol. The van der Waals surface area contributed by atoms with E-state index in [9.17, 15) is 4.79 Å². The van der Waals surface area contributed by atoms with Gasteiger partial charge in [-0.15, -0.1) is 23.5 Å². The number of ketones is 1. The summed E-state index contributed by atoms with van der Waals surface area (Å²) in [5, 5.41) is 0. The first-order chi connectivity index (χ1) is 10.6. The fourth-order valence-electron chi connectivity index (χ4n) is 3.31. The molecule has 0 bridgehead atoms. The van der Waals surface area contributed by atoms with E-state index in [0.717, 1.165) is 25.3 Å². The zero-order valence-corrected chi connectivity index (χ0v) is 14.8. The summed E-state index contributed by atoms with van der Waals surface area (Å²) in [6, 6.07) is 8.24. The number of carbonyl (C=O) groups is 1. The van der Waals surface area contributed by atoms with Crippen molar-refractivity contribution in [2.45, 2.75) is 36.4 Å². The minimum Gasteiger partial charge on any atom is -0.497 e. The Morgan fingerprint density at radius 3 is 2.59 bits per heavy atom. The Bertz CT molecular complexity index is 526.